The number of urea groups is 1. The maximum atomic E-state index is 13.0. The van der Waals surface area contributed by atoms with Crippen molar-refractivity contribution >= 4 is 11.9 Å². The second kappa shape index (κ2) is 8.59. The van der Waals surface area contributed by atoms with Crippen LogP contribution in [0.5, 0.6) is 11.5 Å². The zero-order valence-corrected chi connectivity index (χ0v) is 17.5. The Hall–Kier alpha value is -3.06. The van der Waals surface area contributed by atoms with Gasteiger partial charge in [-0.2, -0.15) is 0 Å². The zero-order valence-electron chi connectivity index (χ0n) is 17.5. The fourth-order valence-electron chi connectivity index (χ4n) is 4.64. The second-order valence-corrected chi connectivity index (χ2v) is 8.33. The number of nitrogens with one attached hydrogen (secondary N) is 1. The van der Waals surface area contributed by atoms with Crippen LogP contribution >= 0.6 is 0 Å². The minimum absolute atomic E-state index is 0.144. The third-order valence-electron chi connectivity index (χ3n) is 6.23. The van der Waals surface area contributed by atoms with Gasteiger partial charge in [0, 0.05) is 25.4 Å². The molecule has 2 saturated heterocycles. The molecule has 7 heteroatoms. The van der Waals surface area contributed by atoms with E-state index in [1.54, 1.807) is 0 Å². The van der Waals surface area contributed by atoms with Crippen LogP contribution in [-0.2, 0) is 11.2 Å². The first kappa shape index (κ1) is 19.9. The Kier molecular flexibility index (Phi) is 5.51. The van der Waals surface area contributed by atoms with E-state index >= 15 is 0 Å². The van der Waals surface area contributed by atoms with Crippen molar-refractivity contribution in [3.05, 3.63) is 59.7 Å². The molecule has 7 nitrogen and oxygen atoms in total. The highest BCUT2D eigenvalue weighted by atomic mass is 16.5. The van der Waals surface area contributed by atoms with Crippen LogP contribution in [0, 0.1) is 0 Å². The Morgan fingerprint density at radius 2 is 1.77 bits per heavy atom. The summed E-state index contributed by atoms with van der Waals surface area (Å²) < 4.78 is 11.6. The summed E-state index contributed by atoms with van der Waals surface area (Å²) in [5, 5.41) is 2.85. The number of amides is 3. The molecule has 31 heavy (non-hydrogen) atoms. The van der Waals surface area contributed by atoms with Crippen molar-refractivity contribution in [2.24, 2.45) is 0 Å². The Bertz CT molecular complexity index is 965. The number of likely N-dealkylation sites (tertiary alicyclic amines) is 1. The number of ether oxygens (including phenoxy) is 2. The van der Waals surface area contributed by atoms with Crippen molar-refractivity contribution in [3.8, 4) is 11.5 Å². The molecule has 0 aliphatic carbocycles. The summed E-state index contributed by atoms with van der Waals surface area (Å²) in [6.07, 6.45) is 3.39. The summed E-state index contributed by atoms with van der Waals surface area (Å²) in [7, 11) is 0. The van der Waals surface area contributed by atoms with E-state index < -0.39 is 6.04 Å². The minimum Gasteiger partial charge on any atom is -0.490 e. The molecule has 2 aromatic rings. The van der Waals surface area contributed by atoms with E-state index in [9.17, 15) is 9.59 Å². The largest absolute Gasteiger partial charge is 0.490 e. The molecule has 3 aliphatic rings. The molecule has 0 aromatic heterocycles. The van der Waals surface area contributed by atoms with Crippen LogP contribution in [0.1, 0.15) is 36.4 Å². The van der Waals surface area contributed by atoms with Crippen molar-refractivity contribution in [2.75, 3.05) is 26.4 Å². The van der Waals surface area contributed by atoms with Crippen LogP contribution in [0.3, 0.4) is 0 Å². The van der Waals surface area contributed by atoms with Crippen molar-refractivity contribution in [1.82, 2.24) is 15.1 Å². The molecule has 162 valence electrons. The van der Waals surface area contributed by atoms with Crippen molar-refractivity contribution in [2.45, 2.75) is 37.8 Å². The molecule has 3 heterocycles. The lowest BCUT2D eigenvalue weighted by atomic mass is 10.0. The SMILES string of the molecule is O=C1N[C@H](Cc2ccccc2)C(=O)N1CN1CCC[C@@H]1c1ccc2c(c1)OCCCO2. The number of carbonyl (C=O) groups excluding carboxylic acids is 2. The van der Waals surface area contributed by atoms with Gasteiger partial charge in [0.2, 0.25) is 0 Å². The molecular weight excluding hydrogens is 394 g/mol. The lowest BCUT2D eigenvalue weighted by Gasteiger charge is -2.28. The molecule has 0 radical (unpaired) electrons. The maximum Gasteiger partial charge on any atom is 0.325 e. The van der Waals surface area contributed by atoms with E-state index in [0.717, 1.165) is 48.4 Å². The van der Waals surface area contributed by atoms with Crippen molar-refractivity contribution < 1.29 is 19.1 Å². The number of rotatable bonds is 5. The average Bonchev–Trinajstić information content (AvgIpc) is 3.25. The van der Waals surface area contributed by atoms with Gasteiger partial charge in [0.1, 0.15) is 6.04 Å². The van der Waals surface area contributed by atoms with Gasteiger partial charge in [-0.05, 0) is 36.1 Å². The lowest BCUT2D eigenvalue weighted by molar-refractivity contribution is -0.129. The van der Waals surface area contributed by atoms with Gasteiger partial charge in [-0.15, -0.1) is 0 Å². The Labute approximate surface area is 181 Å². The molecule has 0 bridgehead atoms. The van der Waals surface area contributed by atoms with Gasteiger partial charge >= 0.3 is 6.03 Å². The van der Waals surface area contributed by atoms with E-state index in [-0.39, 0.29) is 18.0 Å². The fourth-order valence-corrected chi connectivity index (χ4v) is 4.64. The predicted octanol–water partition coefficient (Wildman–Crippen LogP) is 3.11. The molecule has 0 unspecified atom stereocenters. The molecule has 2 aromatic carbocycles. The number of imide groups is 1. The Morgan fingerprint density at radius 3 is 2.61 bits per heavy atom. The van der Waals surface area contributed by atoms with Gasteiger partial charge in [0.25, 0.3) is 5.91 Å². The summed E-state index contributed by atoms with van der Waals surface area (Å²) in [5.41, 5.74) is 2.17. The van der Waals surface area contributed by atoms with E-state index in [2.05, 4.69) is 16.3 Å². The first-order chi connectivity index (χ1) is 15.2. The van der Waals surface area contributed by atoms with Crippen LogP contribution in [0.2, 0.25) is 0 Å². The zero-order chi connectivity index (χ0) is 21.2. The Morgan fingerprint density at radius 1 is 0.968 bits per heavy atom. The molecule has 0 saturated carbocycles. The second-order valence-electron chi connectivity index (χ2n) is 8.33. The van der Waals surface area contributed by atoms with E-state index in [1.165, 1.54) is 4.90 Å². The minimum atomic E-state index is -0.506. The van der Waals surface area contributed by atoms with Crippen LogP contribution in [0.25, 0.3) is 0 Å². The van der Waals surface area contributed by atoms with Crippen LogP contribution in [0.4, 0.5) is 4.79 Å². The highest BCUT2D eigenvalue weighted by Gasteiger charge is 2.40. The van der Waals surface area contributed by atoms with E-state index in [1.807, 2.05) is 42.5 Å². The third kappa shape index (κ3) is 4.10. The first-order valence-corrected chi connectivity index (χ1v) is 11.0. The predicted molar refractivity (Wildman–Crippen MR) is 115 cm³/mol. The topological polar surface area (TPSA) is 71.1 Å². The van der Waals surface area contributed by atoms with Crippen molar-refractivity contribution in [3.63, 3.8) is 0 Å². The molecule has 3 aliphatic heterocycles. The number of carbonyl (C=O) groups is 2. The average molecular weight is 421 g/mol. The summed E-state index contributed by atoms with van der Waals surface area (Å²) in [4.78, 5) is 29.1. The highest BCUT2D eigenvalue weighted by Crippen LogP contribution is 2.38. The van der Waals surface area contributed by atoms with Gasteiger partial charge in [-0.1, -0.05) is 36.4 Å². The summed E-state index contributed by atoms with van der Waals surface area (Å²) in [6.45, 7) is 2.46. The number of hydrogen-bond acceptors (Lipinski definition) is 5. The number of benzene rings is 2. The summed E-state index contributed by atoms with van der Waals surface area (Å²) >= 11 is 0. The summed E-state index contributed by atoms with van der Waals surface area (Å²) in [6, 6.07) is 15.2. The van der Waals surface area contributed by atoms with Crippen LogP contribution in [-0.4, -0.2) is 54.2 Å². The Balaban J connectivity index is 1.29. The number of hydrogen-bond donors (Lipinski definition) is 1. The maximum absolute atomic E-state index is 13.0. The molecule has 1 N–H and O–H groups in total. The van der Waals surface area contributed by atoms with Gasteiger partial charge in [-0.3, -0.25) is 9.69 Å². The molecule has 5 rings (SSSR count). The molecular formula is C24H27N3O4. The summed E-state index contributed by atoms with van der Waals surface area (Å²) in [5.74, 6) is 1.40. The lowest BCUT2D eigenvalue weighted by Crippen LogP contribution is -2.41. The molecule has 2 atom stereocenters. The highest BCUT2D eigenvalue weighted by molar-refractivity contribution is 6.04. The molecule has 0 spiro atoms. The van der Waals surface area contributed by atoms with E-state index in [0.29, 0.717) is 26.3 Å². The normalized spacial score (nSPS) is 23.7. The monoisotopic (exact) mass is 421 g/mol. The standard InChI is InChI=1S/C24H27N3O4/c28-23-19(14-17-6-2-1-3-7-17)25-24(29)27(23)16-26-11-4-8-20(26)18-9-10-21-22(15-18)31-13-5-12-30-21/h1-3,6-7,9-10,15,19-20H,4-5,8,11-14,16H2,(H,25,29)/t19-,20-/m1/s1. The van der Waals surface area contributed by atoms with Gasteiger partial charge < -0.3 is 14.8 Å². The quantitative estimate of drug-likeness (QED) is 0.752. The van der Waals surface area contributed by atoms with E-state index in [4.69, 9.17) is 9.47 Å². The molecule has 2 fully saturated rings. The van der Waals surface area contributed by atoms with Gasteiger partial charge in [0.05, 0.1) is 19.9 Å². The van der Waals surface area contributed by atoms with Crippen molar-refractivity contribution in [1.29, 1.82) is 0 Å². The fraction of sp³-hybridized carbons (Fsp3) is 0.417. The number of nitrogens with zero attached hydrogens (tertiary/aromatic N) is 2. The number of fused-ring (bicyclic) bond motifs is 1. The third-order valence-corrected chi connectivity index (χ3v) is 6.23. The first-order valence-electron chi connectivity index (χ1n) is 11.0. The van der Waals surface area contributed by atoms with Gasteiger partial charge in [-0.25, -0.2) is 9.69 Å². The molecule has 3 amide bonds. The smallest absolute Gasteiger partial charge is 0.325 e. The van der Waals surface area contributed by atoms with Crippen LogP contribution < -0.4 is 14.8 Å². The van der Waals surface area contributed by atoms with Gasteiger partial charge in [0.15, 0.2) is 11.5 Å². The van der Waals surface area contributed by atoms with Crippen LogP contribution in [0.15, 0.2) is 48.5 Å².